The average molecular weight is 1060 g/mol. The van der Waals surface area contributed by atoms with Gasteiger partial charge < -0.3 is 24.3 Å². The molecule has 21 heteroatoms. The van der Waals surface area contributed by atoms with Crippen molar-refractivity contribution in [1.29, 1.82) is 0 Å². The minimum atomic E-state index is -4.57. The fourth-order valence-electron chi connectivity index (χ4n) is 9.23. The molecule has 0 bridgehead atoms. The summed E-state index contributed by atoms with van der Waals surface area (Å²) in [5.74, 6) is 0.790. The maximum absolute atomic E-state index is 12.5. The monoisotopic (exact) mass is 1060 g/mol. The van der Waals surface area contributed by atoms with Gasteiger partial charge in [-0.3, -0.25) is 23.3 Å². The molecule has 3 aliphatic rings. The Morgan fingerprint density at radius 2 is 1.28 bits per heavy atom. The number of hydrogen-bond donors (Lipinski definition) is 4. The second kappa shape index (κ2) is 23.0. The van der Waals surface area contributed by atoms with Gasteiger partial charge in [-0.05, 0) is 143 Å². The predicted octanol–water partition coefficient (Wildman–Crippen LogP) is 7.63. The number of nitrogens with zero attached hydrogens (tertiary/aromatic N) is 2. The molecule has 2 heterocycles. The normalized spacial score (nSPS) is 17.9. The molecule has 2 aliphatic heterocycles. The summed E-state index contributed by atoms with van der Waals surface area (Å²) in [5.41, 5.74) is 5.45. The van der Waals surface area contributed by atoms with Gasteiger partial charge in [0.15, 0.2) is 5.71 Å². The Bertz CT molecular complexity index is 3050. The highest BCUT2D eigenvalue weighted by Gasteiger charge is 2.45. The third-order valence-corrected chi connectivity index (χ3v) is 15.5. The van der Waals surface area contributed by atoms with Gasteiger partial charge in [-0.2, -0.15) is 29.8 Å². The smallest absolute Gasteiger partial charge is 0.294 e. The van der Waals surface area contributed by atoms with E-state index in [0.29, 0.717) is 98.3 Å². The minimum absolute atomic E-state index is 0.00427. The maximum atomic E-state index is 12.5. The number of allylic oxidation sites excluding steroid dienone is 7. The first-order valence-electron chi connectivity index (χ1n) is 23.6. The van der Waals surface area contributed by atoms with Crippen molar-refractivity contribution in [2.45, 2.75) is 106 Å². The van der Waals surface area contributed by atoms with Crippen molar-refractivity contribution >= 4 is 53.3 Å². The number of hydroxylamine groups is 1. The Balaban J connectivity index is 1.29. The van der Waals surface area contributed by atoms with Crippen molar-refractivity contribution in [2.24, 2.45) is 0 Å². The van der Waals surface area contributed by atoms with Crippen molar-refractivity contribution in [3.8, 4) is 5.75 Å². The fraction of sp³-hybridized carbons (Fsp3) is 0.451. The summed E-state index contributed by atoms with van der Waals surface area (Å²) in [5, 5.41) is 4.25. The highest BCUT2D eigenvalue weighted by molar-refractivity contribution is 7.86. The molecule has 18 nitrogen and oxygen atoms in total. The fourth-order valence-corrected chi connectivity index (χ4v) is 10.9. The van der Waals surface area contributed by atoms with Gasteiger partial charge in [0.05, 0.1) is 71.1 Å². The number of nitrogens with one attached hydrogen (secondary N) is 1. The Kier molecular flexibility index (Phi) is 18.0. The maximum Gasteiger partial charge on any atom is 0.294 e. The molecule has 3 aromatic rings. The number of carbonyl (C=O) groups excluding carboxylic acids is 1. The summed E-state index contributed by atoms with van der Waals surface area (Å²) in [6.07, 6.45) is 11.5. The summed E-state index contributed by atoms with van der Waals surface area (Å²) >= 11 is 0. The first-order chi connectivity index (χ1) is 33.8. The molecule has 0 radical (unpaired) electrons. The third kappa shape index (κ3) is 13.2. The molecule has 4 N–H and O–H groups in total. The van der Waals surface area contributed by atoms with Crippen molar-refractivity contribution in [3.63, 3.8) is 0 Å². The van der Waals surface area contributed by atoms with Gasteiger partial charge in [-0.25, -0.2) is 5.06 Å². The molecule has 3 aromatic carbocycles. The lowest BCUT2D eigenvalue weighted by molar-refractivity contribution is -0.402. The van der Waals surface area contributed by atoms with Crippen LogP contribution in [0.5, 0.6) is 5.75 Å². The second-order valence-electron chi connectivity index (χ2n) is 18.8. The van der Waals surface area contributed by atoms with E-state index in [1.807, 2.05) is 63.6 Å². The van der Waals surface area contributed by atoms with Crippen LogP contribution in [0.3, 0.4) is 0 Å². The molecule has 0 unspecified atom stereocenters. The molecule has 6 rings (SSSR count). The van der Waals surface area contributed by atoms with Gasteiger partial charge in [-0.1, -0.05) is 19.9 Å². The van der Waals surface area contributed by atoms with Crippen LogP contribution in [0.1, 0.15) is 88.5 Å². The van der Waals surface area contributed by atoms with E-state index in [-0.39, 0.29) is 33.8 Å². The second-order valence-corrected chi connectivity index (χ2v) is 23.1. The van der Waals surface area contributed by atoms with Crippen molar-refractivity contribution < 1.29 is 72.1 Å². The van der Waals surface area contributed by atoms with E-state index in [0.717, 1.165) is 41.0 Å². The molecule has 0 aromatic heterocycles. The van der Waals surface area contributed by atoms with Crippen LogP contribution < -0.4 is 15.1 Å². The predicted molar refractivity (Wildman–Crippen MR) is 271 cm³/mol. The molecule has 0 saturated heterocycles. The molecule has 0 atom stereocenters. The van der Waals surface area contributed by atoms with Gasteiger partial charge in [0.1, 0.15) is 18.6 Å². The number of rotatable bonds is 23. The number of ether oxygens (including phenoxy) is 4. The van der Waals surface area contributed by atoms with Crippen molar-refractivity contribution in [1.82, 2.24) is 5.32 Å². The molecule has 1 amide bonds. The van der Waals surface area contributed by atoms with Gasteiger partial charge in [-0.15, -0.1) is 0 Å². The minimum Gasteiger partial charge on any atom is -0.457 e. The number of unbranched alkanes of at least 4 members (excludes halogenated alkanes) is 1. The zero-order valence-electron chi connectivity index (χ0n) is 42.0. The third-order valence-electron chi connectivity index (χ3n) is 13.0. The van der Waals surface area contributed by atoms with E-state index < -0.39 is 41.2 Å². The zero-order chi connectivity index (χ0) is 52.8. The van der Waals surface area contributed by atoms with Gasteiger partial charge in [0.2, 0.25) is 11.6 Å². The lowest BCUT2D eigenvalue weighted by atomic mass is 9.80. The van der Waals surface area contributed by atoms with E-state index >= 15 is 0 Å². The van der Waals surface area contributed by atoms with Crippen LogP contribution >= 0.6 is 0 Å². The van der Waals surface area contributed by atoms with Crippen LogP contribution in [0.25, 0.3) is 0 Å². The Morgan fingerprint density at radius 1 is 0.708 bits per heavy atom. The Hall–Kier alpha value is -5.07. The summed E-state index contributed by atoms with van der Waals surface area (Å²) in [4.78, 5) is 17.0. The molecule has 0 spiro atoms. The summed E-state index contributed by atoms with van der Waals surface area (Å²) in [7, 11) is -10.0. The lowest BCUT2D eigenvalue weighted by Gasteiger charge is -2.27. The summed E-state index contributed by atoms with van der Waals surface area (Å²) in [6, 6.07) is 11.2. The van der Waals surface area contributed by atoms with Gasteiger partial charge >= 0.3 is 0 Å². The first-order valence-corrected chi connectivity index (χ1v) is 27.9. The number of anilines is 1. The van der Waals surface area contributed by atoms with Crippen molar-refractivity contribution in [2.75, 3.05) is 65.4 Å². The first kappa shape index (κ1) is 56.2. The molecular weight excluding hydrogens is 991 g/mol. The summed E-state index contributed by atoms with van der Waals surface area (Å²) < 4.78 is 129. The topological polar surface area (TPSA) is 245 Å². The van der Waals surface area contributed by atoms with E-state index in [1.165, 1.54) is 48.5 Å². The number of amides is 1. The Morgan fingerprint density at radius 3 is 1.88 bits per heavy atom. The van der Waals surface area contributed by atoms with Gasteiger partial charge in [0, 0.05) is 42.7 Å². The van der Waals surface area contributed by atoms with E-state index in [4.69, 9.17) is 23.8 Å². The number of carbonyl (C=O) groups is 1. The SMILES string of the molecule is CNC(=O)CCCCOCCOCCOCCON1/C(=C/C=C2\CCCC(/C=C/C3=[N+](C)c4c(C)cc(S(=O)(=O)O)cc4C3(C)C)=C2Oc2ccc(S(=O)(=O)O)cc2)C(C)(C)c2cc(S(=O)(=O)O)cc(C)c21. The molecule has 1 aliphatic carbocycles. The van der Waals surface area contributed by atoms with E-state index in [1.54, 1.807) is 26.0 Å². The standard InChI is InChI=1S/C51H65N3O15S3/c1-34-30-40(71(59,60)61)32-42-47(34)53(8)44(50(42,3)4)21-15-36-12-11-13-37(49(36)69-38-17-19-39(20-18-38)70(56,57)58)16-22-45-51(5,6)43-33-41(72(62,63)64)31-35(2)48(43)54(45)68-29-28-67-27-26-66-25-24-65-23-10-9-14-46(55)52-7/h15-22,30-33H,9-14,23-29H2,1-8H3,(H3-,52,55,56,57,58,59,60,61,62,63,64)/p+1. The quantitative estimate of drug-likeness (QED) is 0.0405. The molecule has 0 fully saturated rings. The van der Waals surface area contributed by atoms with Crippen molar-refractivity contribution in [3.05, 3.63) is 118 Å². The highest BCUT2D eigenvalue weighted by Crippen LogP contribution is 2.51. The van der Waals surface area contributed by atoms with Gasteiger partial charge in [0.25, 0.3) is 30.4 Å². The summed E-state index contributed by atoms with van der Waals surface area (Å²) in [6.45, 7) is 13.6. The highest BCUT2D eigenvalue weighted by atomic mass is 32.2. The van der Waals surface area contributed by atoms with E-state index in [9.17, 15) is 43.7 Å². The molecular formula is C51H66N3O15S3+. The average Bonchev–Trinajstić information content (AvgIpc) is 3.64. The van der Waals surface area contributed by atoms with Crippen LogP contribution in [0.4, 0.5) is 11.4 Å². The van der Waals surface area contributed by atoms with Crippen LogP contribution in [0, 0.1) is 13.8 Å². The number of fused-ring (bicyclic) bond motifs is 2. The van der Waals surface area contributed by atoms with Crippen LogP contribution in [-0.2, 0) is 65.0 Å². The number of aryl methyl sites for hydroxylation is 2. The zero-order valence-corrected chi connectivity index (χ0v) is 44.4. The lowest BCUT2D eigenvalue weighted by Crippen LogP contribution is -2.28. The van der Waals surface area contributed by atoms with Crippen LogP contribution in [-0.4, -0.2) is 115 Å². The Labute approximate surface area is 423 Å². The largest absolute Gasteiger partial charge is 0.457 e. The molecule has 72 heavy (non-hydrogen) atoms. The molecule has 0 saturated carbocycles. The van der Waals surface area contributed by atoms with E-state index in [2.05, 4.69) is 5.32 Å². The van der Waals surface area contributed by atoms with Crippen LogP contribution in [0.2, 0.25) is 0 Å². The number of hydrogen-bond acceptors (Lipinski definition) is 13. The van der Waals surface area contributed by atoms with Crippen LogP contribution in [0.15, 0.2) is 110 Å². The number of benzene rings is 3. The molecule has 392 valence electrons.